The van der Waals surface area contributed by atoms with Crippen LogP contribution in [0.2, 0.25) is 0 Å². The fourth-order valence-corrected chi connectivity index (χ4v) is 3.49. The topological polar surface area (TPSA) is 67.8 Å². The summed E-state index contributed by atoms with van der Waals surface area (Å²) in [6.07, 6.45) is 1.56. The van der Waals surface area contributed by atoms with Crippen molar-refractivity contribution in [3.63, 3.8) is 0 Å². The molecule has 4 rings (SSSR count). The number of benzene rings is 3. The van der Waals surface area contributed by atoms with Gasteiger partial charge in [0.2, 0.25) is 5.91 Å². The molecule has 5 nitrogen and oxygen atoms in total. The normalized spacial score (nSPS) is 12.8. The first-order valence-corrected chi connectivity index (χ1v) is 10.1. The first-order chi connectivity index (χ1) is 15.6. The molecule has 160 valence electrons. The van der Waals surface area contributed by atoms with Gasteiger partial charge in [0, 0.05) is 0 Å². The molecule has 3 aromatic rings. The molecule has 3 aromatic carbocycles. The number of nitrogens with one attached hydrogen (secondary N) is 1. The predicted octanol–water partition coefficient (Wildman–Crippen LogP) is 5.63. The van der Waals surface area contributed by atoms with Gasteiger partial charge >= 0.3 is 5.97 Å². The van der Waals surface area contributed by atoms with Crippen LogP contribution in [-0.4, -0.2) is 24.2 Å². The Morgan fingerprint density at radius 3 is 2.66 bits per heavy atom. The number of carbonyl (C=O) groups is 2. The van der Waals surface area contributed by atoms with Gasteiger partial charge in [0.25, 0.3) is 0 Å². The van der Waals surface area contributed by atoms with Crippen LogP contribution in [0.3, 0.4) is 0 Å². The molecule has 0 atom stereocenters. The third-order valence-corrected chi connectivity index (χ3v) is 5.03. The summed E-state index contributed by atoms with van der Waals surface area (Å²) >= 11 is 0. The van der Waals surface area contributed by atoms with Crippen LogP contribution in [0.5, 0.6) is 0 Å². The van der Waals surface area contributed by atoms with Crippen molar-refractivity contribution >= 4 is 29.0 Å². The van der Waals surface area contributed by atoms with Crippen LogP contribution < -0.4 is 5.32 Å². The van der Waals surface area contributed by atoms with Crippen LogP contribution in [0.15, 0.2) is 84.4 Å². The lowest BCUT2D eigenvalue weighted by atomic mass is 10.0. The highest BCUT2D eigenvalue weighted by Gasteiger charge is 2.19. The van der Waals surface area contributed by atoms with Crippen molar-refractivity contribution < 1.29 is 18.7 Å². The molecule has 0 spiro atoms. The highest BCUT2D eigenvalue weighted by Crippen LogP contribution is 2.34. The van der Waals surface area contributed by atoms with Gasteiger partial charge in [-0.3, -0.25) is 9.79 Å². The van der Waals surface area contributed by atoms with Gasteiger partial charge in [0.1, 0.15) is 13.3 Å². The smallest absolute Gasteiger partial charge is 0.338 e. The van der Waals surface area contributed by atoms with E-state index in [2.05, 4.69) is 11.9 Å². The summed E-state index contributed by atoms with van der Waals surface area (Å²) < 4.78 is 18.1. The monoisotopic (exact) mass is 428 g/mol. The van der Waals surface area contributed by atoms with Crippen molar-refractivity contribution in [1.82, 2.24) is 0 Å². The zero-order valence-electron chi connectivity index (χ0n) is 17.3. The highest BCUT2D eigenvalue weighted by molar-refractivity contribution is 6.17. The SMILES string of the molecule is C=CCOC(=O)c1cccc(C2=Nc3ccc(-c4cccc(CF)c4)cc3NC(=O)C2)c1. The number of anilines is 1. The van der Waals surface area contributed by atoms with Crippen molar-refractivity contribution in [3.8, 4) is 11.1 Å². The second-order valence-corrected chi connectivity index (χ2v) is 7.32. The summed E-state index contributed by atoms with van der Waals surface area (Å²) in [6, 6.07) is 19.6. The van der Waals surface area contributed by atoms with Crippen molar-refractivity contribution in [2.45, 2.75) is 13.1 Å². The molecule has 0 aliphatic carbocycles. The Morgan fingerprint density at radius 1 is 1.06 bits per heavy atom. The number of rotatable bonds is 6. The van der Waals surface area contributed by atoms with Crippen molar-refractivity contribution in [2.24, 2.45) is 4.99 Å². The molecule has 1 heterocycles. The van der Waals surface area contributed by atoms with E-state index in [0.29, 0.717) is 33.8 Å². The van der Waals surface area contributed by atoms with E-state index in [1.807, 2.05) is 24.3 Å². The summed E-state index contributed by atoms with van der Waals surface area (Å²) in [5.74, 6) is -0.678. The molecule has 0 bridgehead atoms. The third kappa shape index (κ3) is 4.64. The summed E-state index contributed by atoms with van der Waals surface area (Å²) in [6.45, 7) is 3.12. The van der Waals surface area contributed by atoms with E-state index in [4.69, 9.17) is 9.73 Å². The average Bonchev–Trinajstić information content (AvgIpc) is 3.00. The number of esters is 1. The number of ether oxygens (including phenoxy) is 1. The van der Waals surface area contributed by atoms with Crippen molar-refractivity contribution in [3.05, 3.63) is 96.1 Å². The Bertz CT molecular complexity index is 1230. The van der Waals surface area contributed by atoms with Crippen molar-refractivity contribution in [1.29, 1.82) is 0 Å². The number of amides is 1. The first kappa shape index (κ1) is 21.2. The van der Waals surface area contributed by atoms with Gasteiger partial charge in [-0.1, -0.05) is 49.1 Å². The largest absolute Gasteiger partial charge is 0.458 e. The van der Waals surface area contributed by atoms with Crippen LogP contribution in [0.4, 0.5) is 15.8 Å². The van der Waals surface area contributed by atoms with E-state index in [-0.39, 0.29) is 18.9 Å². The van der Waals surface area contributed by atoms with Crippen LogP contribution in [0.25, 0.3) is 11.1 Å². The van der Waals surface area contributed by atoms with E-state index in [0.717, 1.165) is 11.1 Å². The second kappa shape index (κ2) is 9.39. The number of nitrogens with zero attached hydrogens (tertiary/aromatic N) is 1. The van der Waals surface area contributed by atoms with Crippen molar-refractivity contribution in [2.75, 3.05) is 11.9 Å². The maximum atomic E-state index is 13.0. The van der Waals surface area contributed by atoms with Crippen LogP contribution in [0.1, 0.15) is 27.9 Å². The molecular formula is C26H21FN2O3. The lowest BCUT2D eigenvalue weighted by Crippen LogP contribution is -2.15. The minimum absolute atomic E-state index is 0.0620. The zero-order valence-corrected chi connectivity index (χ0v) is 17.3. The minimum atomic E-state index is -0.538. The van der Waals surface area contributed by atoms with Crippen LogP contribution in [-0.2, 0) is 16.2 Å². The molecule has 0 radical (unpaired) electrons. The number of fused-ring (bicyclic) bond motifs is 1. The maximum absolute atomic E-state index is 13.0. The Balaban J connectivity index is 1.69. The predicted molar refractivity (Wildman–Crippen MR) is 123 cm³/mol. The molecule has 0 unspecified atom stereocenters. The van der Waals surface area contributed by atoms with Gasteiger partial charge in [0.05, 0.1) is 29.1 Å². The Hall–Kier alpha value is -4.06. The molecule has 6 heteroatoms. The number of hydrogen-bond acceptors (Lipinski definition) is 4. The minimum Gasteiger partial charge on any atom is -0.458 e. The lowest BCUT2D eigenvalue weighted by Gasteiger charge is -2.09. The summed E-state index contributed by atoms with van der Waals surface area (Å²) in [5.41, 5.74) is 5.08. The third-order valence-electron chi connectivity index (χ3n) is 5.03. The van der Waals surface area contributed by atoms with Gasteiger partial charge < -0.3 is 10.1 Å². The highest BCUT2D eigenvalue weighted by atomic mass is 19.1. The Kier molecular flexibility index (Phi) is 6.22. The Labute approximate surface area is 185 Å². The summed E-state index contributed by atoms with van der Waals surface area (Å²) in [5, 5.41) is 2.90. The van der Waals surface area contributed by atoms with E-state index >= 15 is 0 Å². The van der Waals surface area contributed by atoms with E-state index < -0.39 is 12.6 Å². The number of halogens is 1. The standard InChI is InChI=1S/C26H21FN2O3/c1-2-11-32-26(31)21-8-4-7-20(13-21)23-15-25(30)29-24-14-19(9-10-22(24)28-23)18-6-3-5-17(12-18)16-27/h2-10,12-14H,1,11,15-16H2,(H,29,30). The van der Waals surface area contributed by atoms with Gasteiger partial charge in [-0.25, -0.2) is 9.18 Å². The molecule has 1 aliphatic heterocycles. The van der Waals surface area contributed by atoms with E-state index in [1.54, 1.807) is 42.5 Å². The average molecular weight is 428 g/mol. The quantitative estimate of drug-likeness (QED) is 0.409. The van der Waals surface area contributed by atoms with Gasteiger partial charge in [-0.05, 0) is 52.6 Å². The van der Waals surface area contributed by atoms with E-state index in [1.165, 1.54) is 6.08 Å². The number of carbonyl (C=O) groups excluding carboxylic acids is 2. The second-order valence-electron chi connectivity index (χ2n) is 7.32. The van der Waals surface area contributed by atoms with Crippen LogP contribution in [0, 0.1) is 0 Å². The molecule has 0 saturated heterocycles. The molecule has 1 amide bonds. The molecular weight excluding hydrogens is 407 g/mol. The molecule has 0 saturated carbocycles. The maximum Gasteiger partial charge on any atom is 0.338 e. The lowest BCUT2D eigenvalue weighted by molar-refractivity contribution is -0.115. The Morgan fingerprint density at radius 2 is 1.84 bits per heavy atom. The van der Waals surface area contributed by atoms with Gasteiger partial charge in [-0.2, -0.15) is 0 Å². The summed E-state index contributed by atoms with van der Waals surface area (Å²) in [4.78, 5) is 29.5. The number of hydrogen-bond donors (Lipinski definition) is 1. The fourth-order valence-electron chi connectivity index (χ4n) is 3.49. The zero-order chi connectivity index (χ0) is 22.5. The van der Waals surface area contributed by atoms with E-state index in [9.17, 15) is 14.0 Å². The number of alkyl halides is 1. The molecule has 1 aliphatic rings. The van der Waals surface area contributed by atoms with Gasteiger partial charge in [0.15, 0.2) is 0 Å². The molecule has 0 aromatic heterocycles. The summed E-state index contributed by atoms with van der Waals surface area (Å²) in [7, 11) is 0. The fraction of sp³-hybridized carbons (Fsp3) is 0.115. The molecule has 0 fully saturated rings. The number of aliphatic imine (C=N–C) groups is 1. The van der Waals surface area contributed by atoms with Crippen LogP contribution >= 0.6 is 0 Å². The van der Waals surface area contributed by atoms with Gasteiger partial charge in [-0.15, -0.1) is 0 Å². The first-order valence-electron chi connectivity index (χ1n) is 10.1. The molecule has 1 N–H and O–H groups in total. The molecule has 32 heavy (non-hydrogen) atoms.